The van der Waals surface area contributed by atoms with Gasteiger partial charge >= 0.3 is 0 Å². The second kappa shape index (κ2) is 6.66. The molecule has 3 heteroatoms. The lowest BCUT2D eigenvalue weighted by atomic mass is 10.4. The Hall–Kier alpha value is -0.460. The van der Waals surface area contributed by atoms with Gasteiger partial charge in [-0.25, -0.2) is 0 Å². The van der Waals surface area contributed by atoms with Gasteiger partial charge in [-0.05, 0) is 12.2 Å². The minimum atomic E-state index is 0.351. The third kappa shape index (κ3) is 5.67. The van der Waals surface area contributed by atoms with E-state index < -0.39 is 0 Å². The van der Waals surface area contributed by atoms with Gasteiger partial charge in [0, 0.05) is 12.2 Å². The van der Waals surface area contributed by atoms with Crippen LogP contribution in [-0.4, -0.2) is 19.0 Å². The van der Waals surface area contributed by atoms with Crippen LogP contribution in [0.25, 0.3) is 0 Å². The Kier molecular flexibility index (Phi) is 6.35. The summed E-state index contributed by atoms with van der Waals surface area (Å²) in [6, 6.07) is 1.90. The second-order valence-corrected chi connectivity index (χ2v) is 2.29. The smallest absolute Gasteiger partial charge is 0.0965 e. The fraction of sp³-hybridized carbons (Fsp3) is 0.571. The predicted molar refractivity (Wildman–Crippen MR) is 44.0 cm³/mol. The number of thiol groups is 1. The standard InChI is InChI=1S/C7H11NOS/c1-7(5-8)6-9-3-2-4-10/h10H,1-4,6H2. The summed E-state index contributed by atoms with van der Waals surface area (Å²) in [6.45, 7) is 4.47. The molecule has 0 saturated heterocycles. The van der Waals surface area contributed by atoms with Crippen molar-refractivity contribution < 1.29 is 4.74 Å². The summed E-state index contributed by atoms with van der Waals surface area (Å²) in [5.74, 6) is 0.818. The molecule has 0 unspecified atom stereocenters. The Labute approximate surface area is 66.9 Å². The van der Waals surface area contributed by atoms with Crippen LogP contribution in [0.4, 0.5) is 0 Å². The van der Waals surface area contributed by atoms with E-state index in [1.807, 2.05) is 6.07 Å². The molecule has 0 spiro atoms. The molecule has 2 nitrogen and oxygen atoms in total. The van der Waals surface area contributed by atoms with Crippen molar-refractivity contribution in [1.29, 1.82) is 5.26 Å². The van der Waals surface area contributed by atoms with Gasteiger partial charge in [-0.15, -0.1) is 0 Å². The summed E-state index contributed by atoms with van der Waals surface area (Å²) in [5.41, 5.74) is 0.471. The Balaban J connectivity index is 3.06. The molecule has 0 bridgehead atoms. The normalized spacial score (nSPS) is 8.80. The maximum Gasteiger partial charge on any atom is 0.0965 e. The number of ether oxygens (including phenoxy) is 1. The van der Waals surface area contributed by atoms with Crippen LogP contribution in [0.3, 0.4) is 0 Å². The molecule has 0 radical (unpaired) electrons. The Bertz CT molecular complexity index is 139. The molecule has 0 fully saturated rings. The van der Waals surface area contributed by atoms with Crippen LogP contribution in [0.2, 0.25) is 0 Å². The van der Waals surface area contributed by atoms with Crippen LogP contribution in [0, 0.1) is 11.3 Å². The zero-order valence-corrected chi connectivity index (χ0v) is 6.73. The Morgan fingerprint density at radius 1 is 1.70 bits per heavy atom. The van der Waals surface area contributed by atoms with E-state index >= 15 is 0 Å². The molecule has 0 saturated carbocycles. The van der Waals surface area contributed by atoms with E-state index in [2.05, 4.69) is 19.2 Å². The Morgan fingerprint density at radius 2 is 2.40 bits per heavy atom. The van der Waals surface area contributed by atoms with Crippen molar-refractivity contribution in [2.45, 2.75) is 6.42 Å². The summed E-state index contributed by atoms with van der Waals surface area (Å²) in [5, 5.41) is 8.25. The lowest BCUT2D eigenvalue weighted by molar-refractivity contribution is 0.160. The van der Waals surface area contributed by atoms with Crippen molar-refractivity contribution >= 4 is 12.6 Å². The number of hydrogen-bond donors (Lipinski definition) is 1. The summed E-state index contributed by atoms with van der Waals surface area (Å²) in [6.07, 6.45) is 0.918. The molecule has 0 aliphatic carbocycles. The largest absolute Gasteiger partial charge is 0.376 e. The summed E-state index contributed by atoms with van der Waals surface area (Å²) in [7, 11) is 0. The van der Waals surface area contributed by atoms with Gasteiger partial charge in [-0.3, -0.25) is 0 Å². The minimum Gasteiger partial charge on any atom is -0.376 e. The third-order valence-corrected chi connectivity index (χ3v) is 1.20. The maximum absolute atomic E-state index is 8.25. The highest BCUT2D eigenvalue weighted by atomic mass is 32.1. The first-order valence-electron chi connectivity index (χ1n) is 3.07. The van der Waals surface area contributed by atoms with Crippen LogP contribution in [-0.2, 0) is 4.74 Å². The van der Waals surface area contributed by atoms with E-state index in [-0.39, 0.29) is 0 Å². The SMILES string of the molecule is C=C(C#N)COCCCS. The van der Waals surface area contributed by atoms with E-state index in [4.69, 9.17) is 10.00 Å². The average Bonchev–Trinajstić information content (AvgIpc) is 1.98. The van der Waals surface area contributed by atoms with Crippen molar-refractivity contribution in [3.05, 3.63) is 12.2 Å². The molecular weight excluding hydrogens is 146 g/mol. The van der Waals surface area contributed by atoms with Gasteiger partial charge in [0.1, 0.15) is 0 Å². The zero-order valence-electron chi connectivity index (χ0n) is 5.84. The van der Waals surface area contributed by atoms with Crippen molar-refractivity contribution in [2.75, 3.05) is 19.0 Å². The lowest BCUT2D eigenvalue weighted by Crippen LogP contribution is -1.98. The van der Waals surface area contributed by atoms with Gasteiger partial charge in [0.25, 0.3) is 0 Å². The van der Waals surface area contributed by atoms with Crippen molar-refractivity contribution in [2.24, 2.45) is 0 Å². The third-order valence-electron chi connectivity index (χ3n) is 0.881. The van der Waals surface area contributed by atoms with E-state index in [0.29, 0.717) is 18.8 Å². The summed E-state index contributed by atoms with van der Waals surface area (Å²) < 4.78 is 5.06. The molecule has 10 heavy (non-hydrogen) atoms. The van der Waals surface area contributed by atoms with Crippen LogP contribution in [0.1, 0.15) is 6.42 Å². The van der Waals surface area contributed by atoms with Crippen LogP contribution in [0.15, 0.2) is 12.2 Å². The van der Waals surface area contributed by atoms with Crippen LogP contribution in [0.5, 0.6) is 0 Å². The lowest BCUT2D eigenvalue weighted by Gasteiger charge is -1.98. The first kappa shape index (κ1) is 9.54. The molecule has 0 aromatic heterocycles. The monoisotopic (exact) mass is 157 g/mol. The molecule has 0 atom stereocenters. The predicted octanol–water partition coefficient (Wildman–Crippen LogP) is 1.40. The van der Waals surface area contributed by atoms with Crippen LogP contribution < -0.4 is 0 Å². The molecule has 0 rings (SSSR count). The van der Waals surface area contributed by atoms with Gasteiger partial charge in [-0.1, -0.05) is 6.58 Å². The van der Waals surface area contributed by atoms with Gasteiger partial charge in [0.15, 0.2) is 0 Å². The summed E-state index contributed by atoms with van der Waals surface area (Å²) in [4.78, 5) is 0. The highest BCUT2D eigenvalue weighted by molar-refractivity contribution is 7.80. The van der Waals surface area contributed by atoms with Gasteiger partial charge < -0.3 is 4.74 Å². The summed E-state index contributed by atoms with van der Waals surface area (Å²) >= 11 is 4.00. The molecule has 0 aromatic rings. The van der Waals surface area contributed by atoms with E-state index in [1.165, 1.54) is 0 Å². The van der Waals surface area contributed by atoms with E-state index in [1.54, 1.807) is 0 Å². The number of nitrogens with zero attached hydrogens (tertiary/aromatic N) is 1. The molecule has 0 amide bonds. The highest BCUT2D eigenvalue weighted by Gasteiger charge is 1.89. The Morgan fingerprint density at radius 3 is 2.90 bits per heavy atom. The van der Waals surface area contributed by atoms with Gasteiger partial charge in [0.05, 0.1) is 12.7 Å². The maximum atomic E-state index is 8.25. The zero-order chi connectivity index (χ0) is 7.82. The van der Waals surface area contributed by atoms with Crippen molar-refractivity contribution in [3.8, 4) is 6.07 Å². The minimum absolute atomic E-state index is 0.351. The topological polar surface area (TPSA) is 33.0 Å². The van der Waals surface area contributed by atoms with Crippen LogP contribution >= 0.6 is 12.6 Å². The second-order valence-electron chi connectivity index (χ2n) is 1.85. The molecule has 56 valence electrons. The number of rotatable bonds is 5. The fourth-order valence-electron chi connectivity index (χ4n) is 0.394. The molecular formula is C7H11NOS. The number of nitriles is 1. The van der Waals surface area contributed by atoms with Crippen molar-refractivity contribution in [1.82, 2.24) is 0 Å². The fourth-order valence-corrected chi connectivity index (χ4v) is 0.523. The van der Waals surface area contributed by atoms with Gasteiger partial charge in [0.2, 0.25) is 0 Å². The first-order chi connectivity index (χ1) is 4.81. The molecule has 0 aliphatic rings. The average molecular weight is 157 g/mol. The highest BCUT2D eigenvalue weighted by Crippen LogP contribution is 1.90. The molecule has 0 aromatic carbocycles. The van der Waals surface area contributed by atoms with Crippen molar-refractivity contribution in [3.63, 3.8) is 0 Å². The molecule has 0 aliphatic heterocycles. The first-order valence-corrected chi connectivity index (χ1v) is 3.71. The number of hydrogen-bond acceptors (Lipinski definition) is 3. The quantitative estimate of drug-likeness (QED) is 0.372. The molecule has 0 heterocycles. The van der Waals surface area contributed by atoms with E-state index in [9.17, 15) is 0 Å². The van der Waals surface area contributed by atoms with Gasteiger partial charge in [-0.2, -0.15) is 17.9 Å². The molecule has 0 N–H and O–H groups in total. The van der Waals surface area contributed by atoms with E-state index in [0.717, 1.165) is 12.2 Å².